The van der Waals surface area contributed by atoms with Crippen LogP contribution in [-0.2, 0) is 29.2 Å². The summed E-state index contributed by atoms with van der Waals surface area (Å²) >= 11 is 0. The summed E-state index contributed by atoms with van der Waals surface area (Å²) in [6.45, 7) is 2.06. The van der Waals surface area contributed by atoms with Crippen LogP contribution in [0.1, 0.15) is 96.8 Å². The van der Waals surface area contributed by atoms with E-state index in [1.54, 1.807) is 0 Å². The number of ether oxygens (including phenoxy) is 1. The van der Waals surface area contributed by atoms with Crippen molar-refractivity contribution in [1.82, 2.24) is 0 Å². The maximum atomic E-state index is 12.2. The molecule has 2 atom stereocenters. The summed E-state index contributed by atoms with van der Waals surface area (Å²) in [5.74, 6) is -3.54. The van der Waals surface area contributed by atoms with Crippen LogP contribution in [0.4, 0.5) is 0 Å². The van der Waals surface area contributed by atoms with E-state index in [0.29, 0.717) is 19.3 Å². The summed E-state index contributed by atoms with van der Waals surface area (Å²) in [5.41, 5.74) is 0. The molecular formula is C22H38O9S. The Kier molecular flexibility index (Phi) is 16.5. The fourth-order valence-corrected chi connectivity index (χ4v) is 3.82. The molecule has 0 heterocycles. The summed E-state index contributed by atoms with van der Waals surface area (Å²) in [6.07, 6.45) is 12.4. The van der Waals surface area contributed by atoms with Crippen molar-refractivity contribution in [2.24, 2.45) is 0 Å². The first-order valence-corrected chi connectivity index (χ1v) is 12.8. The van der Waals surface area contributed by atoms with E-state index in [9.17, 15) is 27.4 Å². The third kappa shape index (κ3) is 16.7. The summed E-state index contributed by atoms with van der Waals surface area (Å²) in [7, 11) is -4.89. The van der Waals surface area contributed by atoms with Crippen molar-refractivity contribution in [3.63, 3.8) is 0 Å². The second-order valence-electron chi connectivity index (χ2n) is 7.92. The highest BCUT2D eigenvalue weighted by Crippen LogP contribution is 2.16. The van der Waals surface area contributed by atoms with Crippen molar-refractivity contribution < 1.29 is 42.3 Å². The number of carboxylic acids is 2. The zero-order valence-corrected chi connectivity index (χ0v) is 19.7. The fraction of sp³-hybridized carbons (Fsp3) is 0.773. The van der Waals surface area contributed by atoms with Gasteiger partial charge in [-0.2, -0.15) is 8.42 Å². The summed E-state index contributed by atoms with van der Waals surface area (Å²) in [6, 6.07) is 0. The molecule has 0 spiro atoms. The summed E-state index contributed by atoms with van der Waals surface area (Å²) in [5, 5.41) is 15.3. The van der Waals surface area contributed by atoms with Crippen LogP contribution in [0, 0.1) is 0 Å². The molecule has 186 valence electrons. The van der Waals surface area contributed by atoms with E-state index in [-0.39, 0.29) is 6.42 Å². The minimum atomic E-state index is -4.89. The molecule has 9 nitrogen and oxygen atoms in total. The molecule has 10 heteroatoms. The largest absolute Gasteiger partial charge is 0.481 e. The van der Waals surface area contributed by atoms with Gasteiger partial charge in [-0.3, -0.25) is 18.9 Å². The van der Waals surface area contributed by atoms with Gasteiger partial charge >= 0.3 is 17.9 Å². The summed E-state index contributed by atoms with van der Waals surface area (Å²) < 4.78 is 37.3. The lowest BCUT2D eigenvalue weighted by Crippen LogP contribution is -2.36. The van der Waals surface area contributed by atoms with Gasteiger partial charge in [0, 0.05) is 12.8 Å². The van der Waals surface area contributed by atoms with Gasteiger partial charge in [0.05, 0.1) is 6.42 Å². The Bertz CT molecular complexity index is 686. The minimum absolute atomic E-state index is 0.198. The Balaban J connectivity index is 4.60. The van der Waals surface area contributed by atoms with Crippen LogP contribution in [0.25, 0.3) is 0 Å². The number of carbonyl (C=O) groups is 3. The van der Waals surface area contributed by atoms with E-state index in [1.165, 1.54) is 0 Å². The molecule has 0 aliphatic heterocycles. The number of rotatable bonds is 20. The Morgan fingerprint density at radius 1 is 0.875 bits per heavy atom. The number of aliphatic carboxylic acids is 2. The zero-order valence-electron chi connectivity index (χ0n) is 18.9. The second-order valence-corrected chi connectivity index (χ2v) is 9.52. The predicted molar refractivity (Wildman–Crippen MR) is 120 cm³/mol. The smallest absolute Gasteiger partial charge is 0.327 e. The number of allylic oxidation sites excluding steroid dienone is 1. The standard InChI is InChI=1S/C22H38O9S/c1-2-3-4-11-14-18(31-22(27)19(17-21(25)26)32(28,29)30)15-12-9-7-5-6-8-10-13-16-20(23)24/h9,12,18-19H,2-8,10-11,13-17H2,1H3,(H,23,24)(H,25,26)(H,28,29,30)/t18-,19?/m1/s1. The average Bonchev–Trinajstić information content (AvgIpc) is 2.69. The molecule has 0 saturated heterocycles. The Morgan fingerprint density at radius 2 is 1.50 bits per heavy atom. The van der Waals surface area contributed by atoms with Crippen molar-refractivity contribution in [3.05, 3.63) is 12.2 Å². The summed E-state index contributed by atoms with van der Waals surface area (Å²) in [4.78, 5) is 33.5. The van der Waals surface area contributed by atoms with Crippen LogP contribution < -0.4 is 0 Å². The SMILES string of the molecule is CCCCCC[C@H](CC=CCCCCCCCC(=O)O)OC(=O)C(CC(=O)O)S(=O)(=O)O. The third-order valence-electron chi connectivity index (χ3n) is 4.97. The van der Waals surface area contributed by atoms with E-state index in [1.807, 2.05) is 12.2 Å². The lowest BCUT2D eigenvalue weighted by atomic mass is 10.1. The molecule has 0 amide bonds. The van der Waals surface area contributed by atoms with Crippen LogP contribution in [0.5, 0.6) is 0 Å². The maximum absolute atomic E-state index is 12.2. The first-order chi connectivity index (χ1) is 15.1. The first kappa shape index (κ1) is 30.1. The number of esters is 1. The topological polar surface area (TPSA) is 155 Å². The number of carboxylic acid groups (broad SMARTS) is 2. The Labute approximate surface area is 191 Å². The average molecular weight is 479 g/mol. The van der Waals surface area contributed by atoms with Gasteiger partial charge in [-0.25, -0.2) is 0 Å². The molecular weight excluding hydrogens is 440 g/mol. The Morgan fingerprint density at radius 3 is 2.09 bits per heavy atom. The highest BCUT2D eigenvalue weighted by atomic mass is 32.2. The van der Waals surface area contributed by atoms with Crippen molar-refractivity contribution in [3.8, 4) is 0 Å². The maximum Gasteiger partial charge on any atom is 0.327 e. The normalized spacial score (nSPS) is 13.7. The molecule has 0 saturated carbocycles. The van der Waals surface area contributed by atoms with E-state index in [0.717, 1.165) is 57.8 Å². The van der Waals surface area contributed by atoms with Crippen LogP contribution in [-0.4, -0.2) is 52.4 Å². The molecule has 1 unspecified atom stereocenters. The molecule has 0 rings (SSSR count). The van der Waals surface area contributed by atoms with Gasteiger partial charge in [0.25, 0.3) is 10.1 Å². The van der Waals surface area contributed by atoms with Gasteiger partial charge in [-0.15, -0.1) is 0 Å². The molecule has 0 aliphatic carbocycles. The van der Waals surface area contributed by atoms with E-state index in [4.69, 9.17) is 14.9 Å². The molecule has 0 aromatic heterocycles. The fourth-order valence-electron chi connectivity index (χ4n) is 3.17. The van der Waals surface area contributed by atoms with Gasteiger partial charge in [0.1, 0.15) is 6.10 Å². The molecule has 0 aromatic rings. The molecule has 0 fully saturated rings. The highest BCUT2D eigenvalue weighted by molar-refractivity contribution is 7.87. The second kappa shape index (κ2) is 17.6. The van der Waals surface area contributed by atoms with Gasteiger partial charge in [-0.05, 0) is 32.1 Å². The van der Waals surface area contributed by atoms with Crippen molar-refractivity contribution in [2.75, 3.05) is 0 Å². The number of unbranched alkanes of at least 4 members (excludes halogenated alkanes) is 8. The van der Waals surface area contributed by atoms with Gasteiger partial charge in [-0.1, -0.05) is 57.6 Å². The monoisotopic (exact) mass is 478 g/mol. The van der Waals surface area contributed by atoms with Crippen LogP contribution >= 0.6 is 0 Å². The van der Waals surface area contributed by atoms with Crippen molar-refractivity contribution in [2.45, 2.75) is 108 Å². The lowest BCUT2D eigenvalue weighted by molar-refractivity contribution is -0.151. The predicted octanol–water partition coefficient (Wildman–Crippen LogP) is 4.36. The van der Waals surface area contributed by atoms with Crippen LogP contribution in [0.2, 0.25) is 0 Å². The minimum Gasteiger partial charge on any atom is -0.481 e. The molecule has 3 N–H and O–H groups in total. The van der Waals surface area contributed by atoms with Gasteiger partial charge < -0.3 is 14.9 Å². The lowest BCUT2D eigenvalue weighted by Gasteiger charge is -2.19. The van der Waals surface area contributed by atoms with Gasteiger partial charge in [0.15, 0.2) is 5.25 Å². The van der Waals surface area contributed by atoms with E-state index >= 15 is 0 Å². The van der Waals surface area contributed by atoms with Crippen LogP contribution in [0.15, 0.2) is 12.2 Å². The van der Waals surface area contributed by atoms with Gasteiger partial charge in [0.2, 0.25) is 0 Å². The number of hydrogen-bond acceptors (Lipinski definition) is 6. The van der Waals surface area contributed by atoms with E-state index < -0.39 is 45.8 Å². The van der Waals surface area contributed by atoms with Crippen LogP contribution in [0.3, 0.4) is 0 Å². The highest BCUT2D eigenvalue weighted by Gasteiger charge is 2.36. The van der Waals surface area contributed by atoms with Crippen molar-refractivity contribution >= 4 is 28.0 Å². The Hall–Kier alpha value is -1.94. The third-order valence-corrected chi connectivity index (χ3v) is 6.05. The molecule has 0 radical (unpaired) electrons. The van der Waals surface area contributed by atoms with Crippen molar-refractivity contribution in [1.29, 1.82) is 0 Å². The number of carbonyl (C=O) groups excluding carboxylic acids is 1. The van der Waals surface area contributed by atoms with E-state index in [2.05, 4.69) is 6.92 Å². The quantitative estimate of drug-likeness (QED) is 0.100. The molecule has 0 bridgehead atoms. The molecule has 0 aliphatic rings. The first-order valence-electron chi connectivity index (χ1n) is 11.3. The number of hydrogen-bond donors (Lipinski definition) is 3. The molecule has 0 aromatic carbocycles. The molecule has 32 heavy (non-hydrogen) atoms. The zero-order chi connectivity index (χ0) is 24.4.